The third kappa shape index (κ3) is 2.61. The maximum Gasteiger partial charge on any atom is 0.253 e. The van der Waals surface area contributed by atoms with E-state index in [-0.39, 0.29) is 11.9 Å². The molecule has 21 heavy (non-hydrogen) atoms. The summed E-state index contributed by atoms with van der Waals surface area (Å²) in [5, 5.41) is 3.11. The Bertz CT molecular complexity index is 709. The van der Waals surface area contributed by atoms with Gasteiger partial charge in [-0.25, -0.2) is 0 Å². The molecule has 0 spiro atoms. The Hall–Kier alpha value is -2.36. The first kappa shape index (κ1) is 13.6. The summed E-state index contributed by atoms with van der Waals surface area (Å²) in [6.45, 7) is 3.79. The van der Waals surface area contributed by atoms with E-state index in [1.165, 1.54) is 11.1 Å². The molecule has 1 amide bonds. The van der Waals surface area contributed by atoms with E-state index >= 15 is 0 Å². The molecule has 0 radical (unpaired) electrons. The Morgan fingerprint density at radius 2 is 2.10 bits per heavy atom. The predicted octanol–water partition coefficient (Wildman–Crippen LogP) is 2.70. The van der Waals surface area contributed by atoms with E-state index < -0.39 is 0 Å². The lowest BCUT2D eigenvalue weighted by molar-refractivity contribution is 0.0935. The Balaban J connectivity index is 1.81. The fourth-order valence-corrected chi connectivity index (χ4v) is 2.95. The number of anilines is 1. The average molecular weight is 281 g/mol. The smallest absolute Gasteiger partial charge is 0.253 e. The first-order valence-corrected chi connectivity index (χ1v) is 7.18. The fraction of sp³-hybridized carbons (Fsp3) is 0.294. The molecular weight excluding hydrogens is 262 g/mol. The van der Waals surface area contributed by atoms with Gasteiger partial charge in [0.25, 0.3) is 5.91 Å². The quantitative estimate of drug-likeness (QED) is 0.832. The summed E-state index contributed by atoms with van der Waals surface area (Å²) in [5.41, 5.74) is 11.3. The molecule has 3 N–H and O–H groups in total. The molecule has 0 fully saturated rings. The molecule has 108 valence electrons. The van der Waals surface area contributed by atoms with E-state index in [0.717, 1.165) is 29.9 Å². The van der Waals surface area contributed by atoms with Crippen LogP contribution in [0.3, 0.4) is 0 Å². The van der Waals surface area contributed by atoms with Gasteiger partial charge in [0, 0.05) is 11.4 Å². The van der Waals surface area contributed by atoms with E-state index in [2.05, 4.69) is 10.3 Å². The van der Waals surface area contributed by atoms with Gasteiger partial charge in [0.2, 0.25) is 0 Å². The molecule has 0 saturated heterocycles. The molecule has 1 heterocycles. The highest BCUT2D eigenvalue weighted by atomic mass is 16.1. The van der Waals surface area contributed by atoms with E-state index in [0.29, 0.717) is 5.56 Å². The zero-order valence-electron chi connectivity index (χ0n) is 12.3. The van der Waals surface area contributed by atoms with E-state index in [1.807, 2.05) is 44.2 Å². The Labute approximate surface area is 124 Å². The third-order valence-electron chi connectivity index (χ3n) is 4.02. The topological polar surface area (TPSA) is 68.0 Å². The van der Waals surface area contributed by atoms with Crippen molar-refractivity contribution in [1.82, 2.24) is 10.3 Å². The van der Waals surface area contributed by atoms with Gasteiger partial charge < -0.3 is 11.1 Å². The summed E-state index contributed by atoms with van der Waals surface area (Å²) < 4.78 is 0. The number of carbonyl (C=O) groups is 1. The molecule has 1 aliphatic carbocycles. The minimum absolute atomic E-state index is 0.0605. The van der Waals surface area contributed by atoms with Crippen molar-refractivity contribution in [2.24, 2.45) is 0 Å². The van der Waals surface area contributed by atoms with Crippen LogP contribution < -0.4 is 11.1 Å². The van der Waals surface area contributed by atoms with E-state index in [4.69, 9.17) is 5.73 Å². The van der Waals surface area contributed by atoms with Gasteiger partial charge in [-0.3, -0.25) is 9.78 Å². The van der Waals surface area contributed by atoms with Crippen molar-refractivity contribution in [3.05, 3.63) is 58.4 Å². The lowest BCUT2D eigenvalue weighted by Gasteiger charge is -2.15. The summed E-state index contributed by atoms with van der Waals surface area (Å²) >= 11 is 0. The van der Waals surface area contributed by atoms with Gasteiger partial charge in [-0.05, 0) is 62.1 Å². The second kappa shape index (κ2) is 5.20. The Kier molecular flexibility index (Phi) is 3.37. The molecule has 0 bridgehead atoms. The van der Waals surface area contributed by atoms with Crippen LogP contribution in [-0.4, -0.2) is 10.9 Å². The highest BCUT2D eigenvalue weighted by Crippen LogP contribution is 2.32. The molecule has 1 atom stereocenters. The van der Waals surface area contributed by atoms with E-state index in [9.17, 15) is 4.79 Å². The molecule has 1 aliphatic rings. The van der Waals surface area contributed by atoms with Crippen molar-refractivity contribution in [2.45, 2.75) is 32.7 Å². The number of nitrogen functional groups attached to an aromatic ring is 1. The van der Waals surface area contributed by atoms with Gasteiger partial charge in [-0.2, -0.15) is 0 Å². The first-order chi connectivity index (χ1) is 10.0. The Morgan fingerprint density at radius 1 is 1.29 bits per heavy atom. The number of carbonyl (C=O) groups excluding carboxylic acids is 1. The number of rotatable bonds is 2. The number of nitrogens with one attached hydrogen (secondary N) is 1. The van der Waals surface area contributed by atoms with Crippen LogP contribution in [0.4, 0.5) is 5.69 Å². The van der Waals surface area contributed by atoms with Crippen LogP contribution in [0.1, 0.15) is 45.3 Å². The number of hydrogen-bond donors (Lipinski definition) is 2. The van der Waals surface area contributed by atoms with Gasteiger partial charge in [0.1, 0.15) is 0 Å². The summed E-state index contributed by atoms with van der Waals surface area (Å²) in [4.78, 5) is 16.8. The van der Waals surface area contributed by atoms with Crippen molar-refractivity contribution in [2.75, 3.05) is 5.73 Å². The molecular formula is C17H19N3O. The van der Waals surface area contributed by atoms with Crippen LogP contribution in [0.15, 0.2) is 30.3 Å². The fourth-order valence-electron chi connectivity index (χ4n) is 2.95. The van der Waals surface area contributed by atoms with Crippen molar-refractivity contribution in [3.8, 4) is 0 Å². The number of benzene rings is 1. The zero-order chi connectivity index (χ0) is 15.0. The maximum atomic E-state index is 12.4. The van der Waals surface area contributed by atoms with Gasteiger partial charge in [-0.15, -0.1) is 0 Å². The molecule has 4 nitrogen and oxygen atoms in total. The lowest BCUT2D eigenvalue weighted by atomic mass is 10.1. The van der Waals surface area contributed by atoms with Gasteiger partial charge in [0.05, 0.1) is 17.3 Å². The number of nitrogens with zero attached hydrogens (tertiary/aromatic N) is 1. The summed E-state index contributed by atoms with van der Waals surface area (Å²) in [6.07, 6.45) is 1.87. The number of nitrogens with two attached hydrogens (primary N) is 1. The molecule has 3 rings (SSSR count). The van der Waals surface area contributed by atoms with Crippen LogP contribution in [0.2, 0.25) is 0 Å². The monoisotopic (exact) mass is 281 g/mol. The number of hydrogen-bond acceptors (Lipinski definition) is 3. The molecule has 0 aliphatic heterocycles. The number of pyridine rings is 1. The van der Waals surface area contributed by atoms with Crippen LogP contribution in [0.5, 0.6) is 0 Å². The second-order valence-electron chi connectivity index (χ2n) is 5.61. The van der Waals surface area contributed by atoms with E-state index in [1.54, 1.807) is 0 Å². The largest absolute Gasteiger partial charge is 0.399 e. The molecule has 1 aromatic heterocycles. The van der Waals surface area contributed by atoms with Crippen molar-refractivity contribution in [3.63, 3.8) is 0 Å². The minimum Gasteiger partial charge on any atom is -0.399 e. The minimum atomic E-state index is -0.0605. The van der Waals surface area contributed by atoms with Gasteiger partial charge >= 0.3 is 0 Å². The number of fused-ring (bicyclic) bond motifs is 1. The maximum absolute atomic E-state index is 12.4. The SMILES string of the molecule is Cc1ccc(C(=O)NC2CCc3cc(N)ccc32)c(C)n1. The Morgan fingerprint density at radius 3 is 2.86 bits per heavy atom. The third-order valence-corrected chi connectivity index (χ3v) is 4.02. The highest BCUT2D eigenvalue weighted by Gasteiger charge is 2.24. The van der Waals surface area contributed by atoms with Crippen LogP contribution in [0.25, 0.3) is 0 Å². The van der Waals surface area contributed by atoms with Gasteiger partial charge in [0.15, 0.2) is 0 Å². The zero-order valence-corrected chi connectivity index (χ0v) is 12.3. The molecule has 4 heteroatoms. The standard InChI is InChI=1S/C17H19N3O/c1-10-3-6-14(11(2)19-10)17(21)20-16-8-4-12-9-13(18)5-7-15(12)16/h3,5-7,9,16H,4,8,18H2,1-2H3,(H,20,21). The van der Waals surface area contributed by atoms with Crippen LogP contribution in [-0.2, 0) is 6.42 Å². The number of amides is 1. The average Bonchev–Trinajstić information content (AvgIpc) is 2.80. The first-order valence-electron chi connectivity index (χ1n) is 7.18. The summed E-state index contributed by atoms with van der Waals surface area (Å²) in [6, 6.07) is 9.68. The normalized spacial score (nSPS) is 16.6. The molecule has 0 saturated carbocycles. The summed E-state index contributed by atoms with van der Waals surface area (Å²) in [5.74, 6) is -0.0605. The number of aryl methyl sites for hydroxylation is 3. The van der Waals surface area contributed by atoms with Crippen LogP contribution >= 0.6 is 0 Å². The summed E-state index contributed by atoms with van der Waals surface area (Å²) in [7, 11) is 0. The molecule has 1 aromatic carbocycles. The molecule has 2 aromatic rings. The van der Waals surface area contributed by atoms with Crippen molar-refractivity contribution in [1.29, 1.82) is 0 Å². The van der Waals surface area contributed by atoms with Crippen molar-refractivity contribution >= 4 is 11.6 Å². The lowest BCUT2D eigenvalue weighted by Crippen LogP contribution is -2.28. The second-order valence-corrected chi connectivity index (χ2v) is 5.61. The van der Waals surface area contributed by atoms with Crippen molar-refractivity contribution < 1.29 is 4.79 Å². The number of aromatic nitrogens is 1. The highest BCUT2D eigenvalue weighted by molar-refractivity contribution is 5.95. The molecule has 1 unspecified atom stereocenters. The van der Waals surface area contributed by atoms with Gasteiger partial charge in [-0.1, -0.05) is 6.07 Å². The van der Waals surface area contributed by atoms with Crippen LogP contribution in [0, 0.1) is 13.8 Å². The predicted molar refractivity (Wildman–Crippen MR) is 83.1 cm³/mol.